The van der Waals surface area contributed by atoms with Gasteiger partial charge in [0.05, 0.1) is 0 Å². The Labute approximate surface area is 134 Å². The highest BCUT2D eigenvalue weighted by Gasteiger charge is 2.17. The number of unbranched alkanes of at least 4 members (excludes halogenated alkanes) is 3. The Kier molecular flexibility index (Phi) is 12.9. The number of allylic oxidation sites excluding steroid dienone is 1. The molecule has 0 heterocycles. The van der Waals surface area contributed by atoms with E-state index in [-0.39, 0.29) is 0 Å². The van der Waals surface area contributed by atoms with Gasteiger partial charge in [0, 0.05) is 18.3 Å². The van der Waals surface area contributed by atoms with Crippen molar-refractivity contribution in [2.75, 3.05) is 27.2 Å². The topological polar surface area (TPSA) is 6.48 Å². The van der Waals surface area contributed by atoms with Crippen molar-refractivity contribution in [1.29, 1.82) is 0 Å². The molecule has 0 saturated heterocycles. The molecule has 0 saturated carbocycles. The van der Waals surface area contributed by atoms with E-state index in [2.05, 4.69) is 51.2 Å². The Morgan fingerprint density at radius 3 is 2.10 bits per heavy atom. The van der Waals surface area contributed by atoms with Crippen LogP contribution in [-0.4, -0.2) is 43.0 Å². The molecular formula is C19H40N2. The van der Waals surface area contributed by atoms with Crippen molar-refractivity contribution < 1.29 is 0 Å². The molecule has 126 valence electrons. The summed E-state index contributed by atoms with van der Waals surface area (Å²) in [6.45, 7) is 13.6. The van der Waals surface area contributed by atoms with Crippen molar-refractivity contribution >= 4 is 0 Å². The molecule has 0 rings (SSSR count). The molecule has 0 aliphatic carbocycles. The second-order valence-corrected chi connectivity index (χ2v) is 6.58. The van der Waals surface area contributed by atoms with Gasteiger partial charge in [-0.25, -0.2) is 0 Å². The summed E-state index contributed by atoms with van der Waals surface area (Å²) in [7, 11) is 4.32. The van der Waals surface area contributed by atoms with E-state index in [0.717, 1.165) is 0 Å². The van der Waals surface area contributed by atoms with Crippen molar-refractivity contribution in [3.63, 3.8) is 0 Å². The van der Waals surface area contributed by atoms with E-state index in [1.165, 1.54) is 76.6 Å². The summed E-state index contributed by atoms with van der Waals surface area (Å²) in [5.74, 6) is 0. The van der Waals surface area contributed by atoms with Gasteiger partial charge < -0.3 is 9.80 Å². The molecule has 0 radical (unpaired) electrons. The minimum atomic E-state index is 0.696. The first-order valence-electron chi connectivity index (χ1n) is 9.15. The molecule has 0 spiro atoms. The van der Waals surface area contributed by atoms with E-state index in [1.54, 1.807) is 0 Å². The van der Waals surface area contributed by atoms with Crippen LogP contribution in [0.15, 0.2) is 12.3 Å². The normalized spacial score (nSPS) is 12.7. The van der Waals surface area contributed by atoms with Crippen molar-refractivity contribution in [3.8, 4) is 0 Å². The largest absolute Gasteiger partial charge is 0.372 e. The first kappa shape index (κ1) is 20.5. The van der Waals surface area contributed by atoms with Crippen LogP contribution in [-0.2, 0) is 0 Å². The maximum Gasteiger partial charge on any atom is 0.0284 e. The van der Waals surface area contributed by atoms with Crippen LogP contribution in [0.5, 0.6) is 0 Å². The Hall–Kier alpha value is -0.500. The third kappa shape index (κ3) is 9.95. The maximum atomic E-state index is 4.41. The molecule has 0 N–H and O–H groups in total. The number of hydrogen-bond acceptors (Lipinski definition) is 2. The van der Waals surface area contributed by atoms with Gasteiger partial charge >= 0.3 is 0 Å². The first-order chi connectivity index (χ1) is 10.1. The van der Waals surface area contributed by atoms with Gasteiger partial charge in [0.2, 0.25) is 0 Å². The van der Waals surface area contributed by atoms with E-state index >= 15 is 0 Å². The third-order valence-electron chi connectivity index (χ3n) is 4.28. The summed E-state index contributed by atoms with van der Waals surface area (Å²) in [6.07, 6.45) is 11.5. The van der Waals surface area contributed by atoms with Crippen molar-refractivity contribution in [1.82, 2.24) is 9.80 Å². The zero-order valence-electron chi connectivity index (χ0n) is 15.5. The van der Waals surface area contributed by atoms with E-state index in [1.807, 2.05) is 0 Å². The van der Waals surface area contributed by atoms with Crippen molar-refractivity contribution in [3.05, 3.63) is 12.3 Å². The average molecular weight is 297 g/mol. The van der Waals surface area contributed by atoms with Gasteiger partial charge in [-0.2, -0.15) is 0 Å². The molecule has 21 heavy (non-hydrogen) atoms. The summed E-state index contributed by atoms with van der Waals surface area (Å²) in [5.41, 5.74) is 1.38. The monoisotopic (exact) mass is 296 g/mol. The van der Waals surface area contributed by atoms with Gasteiger partial charge in [-0.05, 0) is 52.7 Å². The van der Waals surface area contributed by atoms with Crippen LogP contribution < -0.4 is 0 Å². The van der Waals surface area contributed by atoms with Crippen molar-refractivity contribution in [2.24, 2.45) is 0 Å². The highest BCUT2D eigenvalue weighted by molar-refractivity contribution is 4.97. The van der Waals surface area contributed by atoms with E-state index in [4.69, 9.17) is 0 Å². The molecule has 0 aromatic rings. The fourth-order valence-corrected chi connectivity index (χ4v) is 2.90. The standard InChI is InChI=1S/C19H40N2/c1-7-10-12-14-18(4)21(17-13-16-20(5)6)19(9-3)15-11-8-2/h19H,4,7-17H2,1-3,5-6H3. The molecule has 2 nitrogen and oxygen atoms in total. The number of nitrogens with zero attached hydrogens (tertiary/aromatic N) is 2. The third-order valence-corrected chi connectivity index (χ3v) is 4.28. The summed E-state index contributed by atoms with van der Waals surface area (Å²) in [4.78, 5) is 4.92. The van der Waals surface area contributed by atoms with E-state index in [9.17, 15) is 0 Å². The van der Waals surface area contributed by atoms with E-state index < -0.39 is 0 Å². The quantitative estimate of drug-likeness (QED) is 0.401. The summed E-state index contributed by atoms with van der Waals surface area (Å²) in [6, 6.07) is 0.696. The fraction of sp³-hybridized carbons (Fsp3) is 0.895. The van der Waals surface area contributed by atoms with Crippen LogP contribution in [0.3, 0.4) is 0 Å². The zero-order chi connectivity index (χ0) is 16.1. The van der Waals surface area contributed by atoms with Gasteiger partial charge in [0.25, 0.3) is 0 Å². The lowest BCUT2D eigenvalue weighted by Gasteiger charge is -2.35. The van der Waals surface area contributed by atoms with Crippen LogP contribution in [0.1, 0.15) is 78.6 Å². The van der Waals surface area contributed by atoms with Gasteiger partial charge in [-0.3, -0.25) is 0 Å². The highest BCUT2D eigenvalue weighted by Crippen LogP contribution is 2.21. The minimum Gasteiger partial charge on any atom is -0.372 e. The molecule has 0 bridgehead atoms. The zero-order valence-corrected chi connectivity index (χ0v) is 15.5. The molecule has 0 aliphatic heterocycles. The van der Waals surface area contributed by atoms with Gasteiger partial charge in [-0.1, -0.05) is 53.0 Å². The predicted octanol–water partition coefficient (Wildman–Crippen LogP) is 5.30. The lowest BCUT2D eigenvalue weighted by Crippen LogP contribution is -2.36. The molecule has 2 heteroatoms. The average Bonchev–Trinajstić information content (AvgIpc) is 2.45. The molecular weight excluding hydrogens is 256 g/mol. The molecule has 0 fully saturated rings. The second-order valence-electron chi connectivity index (χ2n) is 6.58. The van der Waals surface area contributed by atoms with Gasteiger partial charge in [0.15, 0.2) is 0 Å². The molecule has 0 aromatic carbocycles. The lowest BCUT2D eigenvalue weighted by atomic mass is 10.0. The molecule has 0 aliphatic rings. The summed E-state index contributed by atoms with van der Waals surface area (Å²) < 4.78 is 0. The van der Waals surface area contributed by atoms with Crippen LogP contribution in [0.25, 0.3) is 0 Å². The van der Waals surface area contributed by atoms with Crippen LogP contribution in [0.4, 0.5) is 0 Å². The molecule has 0 aromatic heterocycles. The van der Waals surface area contributed by atoms with Gasteiger partial charge in [0.1, 0.15) is 0 Å². The van der Waals surface area contributed by atoms with Crippen LogP contribution >= 0.6 is 0 Å². The fourth-order valence-electron chi connectivity index (χ4n) is 2.90. The first-order valence-corrected chi connectivity index (χ1v) is 9.15. The summed E-state index contributed by atoms with van der Waals surface area (Å²) in [5, 5.41) is 0. The minimum absolute atomic E-state index is 0.696. The molecule has 1 unspecified atom stereocenters. The Bertz CT molecular complexity index is 248. The second kappa shape index (κ2) is 13.2. The van der Waals surface area contributed by atoms with Gasteiger partial charge in [-0.15, -0.1) is 0 Å². The van der Waals surface area contributed by atoms with Crippen LogP contribution in [0, 0.1) is 0 Å². The van der Waals surface area contributed by atoms with Crippen molar-refractivity contribution in [2.45, 2.75) is 84.6 Å². The van der Waals surface area contributed by atoms with Crippen LogP contribution in [0.2, 0.25) is 0 Å². The predicted molar refractivity (Wildman–Crippen MR) is 96.8 cm³/mol. The molecule has 1 atom stereocenters. The maximum absolute atomic E-state index is 4.41. The Morgan fingerprint density at radius 1 is 0.905 bits per heavy atom. The smallest absolute Gasteiger partial charge is 0.0284 e. The number of hydrogen-bond donors (Lipinski definition) is 0. The number of rotatable bonds is 14. The lowest BCUT2D eigenvalue weighted by molar-refractivity contribution is 0.211. The SMILES string of the molecule is C=C(CCCCC)N(CCCN(C)C)C(CC)CCCC. The Morgan fingerprint density at radius 2 is 1.57 bits per heavy atom. The van der Waals surface area contributed by atoms with E-state index in [0.29, 0.717) is 6.04 Å². The molecule has 0 amide bonds. The Balaban J connectivity index is 4.51. The summed E-state index contributed by atoms with van der Waals surface area (Å²) >= 11 is 0. The highest BCUT2D eigenvalue weighted by atomic mass is 15.2.